The summed E-state index contributed by atoms with van der Waals surface area (Å²) in [6, 6.07) is -0.151. The molecule has 0 atom stereocenters. The van der Waals surface area contributed by atoms with Crippen LogP contribution in [0, 0.1) is 5.41 Å². The van der Waals surface area contributed by atoms with Crippen LogP contribution in [0.25, 0.3) is 0 Å². The van der Waals surface area contributed by atoms with E-state index in [1.54, 1.807) is 4.90 Å². The van der Waals surface area contributed by atoms with Crippen molar-refractivity contribution < 1.29 is 9.90 Å². The standard InChI is InChI=1S/C8H17N3O2/c1-8(2,6-12)5-10-3-4-11(9)7(10)13/h12H,3-6,9H2,1-2H3. The predicted octanol–water partition coefficient (Wildman–Crippen LogP) is -0.384. The van der Waals surface area contributed by atoms with E-state index in [1.165, 1.54) is 5.01 Å². The predicted molar refractivity (Wildman–Crippen MR) is 48.7 cm³/mol. The normalized spacial score (nSPS) is 18.6. The van der Waals surface area contributed by atoms with Crippen molar-refractivity contribution >= 4 is 6.03 Å². The zero-order chi connectivity index (χ0) is 10.1. The lowest BCUT2D eigenvalue weighted by Gasteiger charge is -2.27. The molecular formula is C8H17N3O2. The summed E-state index contributed by atoms with van der Waals surface area (Å²) in [6.45, 7) is 5.68. The molecule has 1 aliphatic rings. The van der Waals surface area contributed by atoms with Crippen molar-refractivity contribution in [2.75, 3.05) is 26.2 Å². The second-order valence-corrected chi connectivity index (χ2v) is 4.22. The molecular weight excluding hydrogens is 170 g/mol. The summed E-state index contributed by atoms with van der Waals surface area (Å²) in [5, 5.41) is 10.2. The molecule has 3 N–H and O–H groups in total. The van der Waals surface area contributed by atoms with Crippen molar-refractivity contribution in [3.63, 3.8) is 0 Å². The zero-order valence-electron chi connectivity index (χ0n) is 8.16. The Hall–Kier alpha value is -0.810. The summed E-state index contributed by atoms with van der Waals surface area (Å²) in [4.78, 5) is 13.0. The van der Waals surface area contributed by atoms with Gasteiger partial charge in [-0.3, -0.25) is 5.01 Å². The number of carbonyl (C=O) groups excluding carboxylic acids is 1. The Morgan fingerprint density at radius 1 is 1.54 bits per heavy atom. The van der Waals surface area contributed by atoms with Crippen molar-refractivity contribution in [2.24, 2.45) is 11.3 Å². The van der Waals surface area contributed by atoms with Crippen LogP contribution < -0.4 is 5.84 Å². The molecule has 0 aromatic heterocycles. The fourth-order valence-electron chi connectivity index (χ4n) is 1.31. The van der Waals surface area contributed by atoms with Crippen molar-refractivity contribution in [1.29, 1.82) is 0 Å². The van der Waals surface area contributed by atoms with E-state index in [1.807, 2.05) is 13.8 Å². The van der Waals surface area contributed by atoms with Gasteiger partial charge in [-0.2, -0.15) is 0 Å². The summed E-state index contributed by atoms with van der Waals surface area (Å²) in [6.07, 6.45) is 0. The molecule has 0 spiro atoms. The summed E-state index contributed by atoms with van der Waals surface area (Å²) >= 11 is 0. The van der Waals surface area contributed by atoms with Gasteiger partial charge in [0.1, 0.15) is 0 Å². The molecule has 76 valence electrons. The molecule has 0 aromatic carbocycles. The molecule has 1 aliphatic heterocycles. The second-order valence-electron chi connectivity index (χ2n) is 4.22. The zero-order valence-corrected chi connectivity index (χ0v) is 8.16. The maximum Gasteiger partial charge on any atom is 0.334 e. The fourth-order valence-corrected chi connectivity index (χ4v) is 1.31. The first kappa shape index (κ1) is 10.3. The van der Waals surface area contributed by atoms with Crippen LogP contribution in [-0.4, -0.2) is 47.3 Å². The van der Waals surface area contributed by atoms with Crippen LogP contribution in [0.4, 0.5) is 4.79 Å². The summed E-state index contributed by atoms with van der Waals surface area (Å²) in [5.74, 6) is 5.41. The van der Waals surface area contributed by atoms with E-state index < -0.39 is 0 Å². The minimum Gasteiger partial charge on any atom is -0.396 e. The minimum absolute atomic E-state index is 0.0708. The highest BCUT2D eigenvalue weighted by Gasteiger charge is 2.30. The van der Waals surface area contributed by atoms with E-state index in [0.717, 1.165) is 0 Å². The first-order valence-corrected chi connectivity index (χ1v) is 4.38. The molecule has 2 amide bonds. The summed E-state index contributed by atoms with van der Waals surface area (Å²) in [7, 11) is 0. The molecule has 0 saturated carbocycles. The third-order valence-electron chi connectivity index (χ3n) is 2.17. The smallest absolute Gasteiger partial charge is 0.334 e. The largest absolute Gasteiger partial charge is 0.396 e. The molecule has 0 aliphatic carbocycles. The van der Waals surface area contributed by atoms with E-state index in [-0.39, 0.29) is 18.1 Å². The number of nitrogens with two attached hydrogens (primary N) is 1. The molecule has 0 radical (unpaired) electrons. The first-order valence-electron chi connectivity index (χ1n) is 4.38. The van der Waals surface area contributed by atoms with E-state index >= 15 is 0 Å². The van der Waals surface area contributed by atoms with Crippen molar-refractivity contribution in [3.05, 3.63) is 0 Å². The number of carbonyl (C=O) groups is 1. The number of urea groups is 1. The van der Waals surface area contributed by atoms with Gasteiger partial charge in [-0.05, 0) is 0 Å². The number of rotatable bonds is 3. The highest BCUT2D eigenvalue weighted by atomic mass is 16.3. The van der Waals surface area contributed by atoms with Gasteiger partial charge in [0.25, 0.3) is 0 Å². The summed E-state index contributed by atoms with van der Waals surface area (Å²) in [5.41, 5.74) is -0.249. The molecule has 5 nitrogen and oxygen atoms in total. The van der Waals surface area contributed by atoms with Crippen LogP contribution in [0.1, 0.15) is 13.8 Å². The highest BCUT2D eigenvalue weighted by molar-refractivity contribution is 5.75. The third-order valence-corrected chi connectivity index (χ3v) is 2.17. The number of aliphatic hydroxyl groups excluding tert-OH is 1. The van der Waals surface area contributed by atoms with Gasteiger partial charge >= 0.3 is 6.03 Å². The van der Waals surface area contributed by atoms with E-state index in [9.17, 15) is 4.79 Å². The van der Waals surface area contributed by atoms with Gasteiger partial charge in [-0.25, -0.2) is 10.6 Å². The Morgan fingerprint density at radius 2 is 2.15 bits per heavy atom. The maximum absolute atomic E-state index is 11.3. The van der Waals surface area contributed by atoms with Crippen molar-refractivity contribution in [2.45, 2.75) is 13.8 Å². The van der Waals surface area contributed by atoms with Gasteiger partial charge in [0.2, 0.25) is 0 Å². The number of amides is 2. The highest BCUT2D eigenvalue weighted by Crippen LogP contribution is 2.18. The van der Waals surface area contributed by atoms with E-state index in [0.29, 0.717) is 19.6 Å². The Kier molecular flexibility index (Phi) is 2.77. The van der Waals surface area contributed by atoms with Gasteiger partial charge in [-0.15, -0.1) is 0 Å². The Balaban J connectivity index is 2.51. The fraction of sp³-hybridized carbons (Fsp3) is 0.875. The van der Waals surface area contributed by atoms with Gasteiger partial charge in [0.05, 0.1) is 6.54 Å². The molecule has 1 heterocycles. The molecule has 1 fully saturated rings. The van der Waals surface area contributed by atoms with Crippen LogP contribution in [0.15, 0.2) is 0 Å². The van der Waals surface area contributed by atoms with Gasteiger partial charge < -0.3 is 10.0 Å². The number of nitrogens with zero attached hydrogens (tertiary/aromatic N) is 2. The number of hydrogen-bond donors (Lipinski definition) is 2. The molecule has 0 bridgehead atoms. The van der Waals surface area contributed by atoms with Gasteiger partial charge in [0, 0.05) is 25.1 Å². The molecule has 0 unspecified atom stereocenters. The minimum atomic E-state index is -0.249. The molecule has 0 aromatic rings. The summed E-state index contributed by atoms with van der Waals surface area (Å²) < 4.78 is 0. The van der Waals surface area contributed by atoms with Crippen molar-refractivity contribution in [3.8, 4) is 0 Å². The van der Waals surface area contributed by atoms with Crippen LogP contribution in [0.2, 0.25) is 0 Å². The number of hydrazine groups is 1. The van der Waals surface area contributed by atoms with Crippen molar-refractivity contribution in [1.82, 2.24) is 9.91 Å². The monoisotopic (exact) mass is 187 g/mol. The van der Waals surface area contributed by atoms with Crippen LogP contribution in [0.3, 0.4) is 0 Å². The SMILES string of the molecule is CC(C)(CO)CN1CCN(N)C1=O. The number of aliphatic hydroxyl groups is 1. The lowest BCUT2D eigenvalue weighted by molar-refractivity contribution is 0.118. The quantitative estimate of drug-likeness (QED) is 0.467. The lowest BCUT2D eigenvalue weighted by Crippen LogP contribution is -2.41. The first-order chi connectivity index (χ1) is 5.96. The third kappa shape index (κ3) is 2.32. The lowest BCUT2D eigenvalue weighted by atomic mass is 9.94. The second kappa shape index (κ2) is 3.51. The number of hydrogen-bond acceptors (Lipinski definition) is 3. The van der Waals surface area contributed by atoms with Gasteiger partial charge in [-0.1, -0.05) is 13.8 Å². The average molecular weight is 187 g/mol. The van der Waals surface area contributed by atoms with E-state index in [4.69, 9.17) is 10.9 Å². The van der Waals surface area contributed by atoms with E-state index in [2.05, 4.69) is 0 Å². The Morgan fingerprint density at radius 3 is 2.54 bits per heavy atom. The molecule has 1 rings (SSSR count). The van der Waals surface area contributed by atoms with Crippen LogP contribution in [-0.2, 0) is 0 Å². The topological polar surface area (TPSA) is 69.8 Å². The Labute approximate surface area is 78.1 Å². The molecule has 1 saturated heterocycles. The Bertz CT molecular complexity index is 206. The maximum atomic E-state index is 11.3. The average Bonchev–Trinajstić information content (AvgIpc) is 2.36. The van der Waals surface area contributed by atoms with Crippen LogP contribution in [0.5, 0.6) is 0 Å². The molecule has 13 heavy (non-hydrogen) atoms. The van der Waals surface area contributed by atoms with Crippen LogP contribution >= 0.6 is 0 Å². The van der Waals surface area contributed by atoms with Gasteiger partial charge in [0.15, 0.2) is 0 Å². The molecule has 5 heteroatoms.